The second-order valence-electron chi connectivity index (χ2n) is 5.33. The molecule has 0 aliphatic carbocycles. The standard InChI is InChI=1S/C16H13F3N6OS/c17-16(18,19)11-3-5-12(6-4-11)22-13(26)9-27-15-24-23-14(25(15)20)10-2-1-7-21-8-10/h1-8H,9,20H2,(H,22,26). The molecule has 1 aromatic carbocycles. The minimum absolute atomic E-state index is 0.0383. The van der Waals surface area contributed by atoms with Crippen molar-refractivity contribution in [3.05, 3.63) is 54.4 Å². The third-order valence-electron chi connectivity index (χ3n) is 3.41. The van der Waals surface area contributed by atoms with Gasteiger partial charge in [0.05, 0.1) is 11.3 Å². The molecule has 2 heterocycles. The first kappa shape index (κ1) is 18.7. The summed E-state index contributed by atoms with van der Waals surface area (Å²) in [6.07, 6.45) is -1.23. The van der Waals surface area contributed by atoms with Crippen molar-refractivity contribution >= 4 is 23.4 Å². The summed E-state index contributed by atoms with van der Waals surface area (Å²) in [5.41, 5.74) is 0.154. The molecule has 0 aliphatic rings. The van der Waals surface area contributed by atoms with Gasteiger partial charge in [-0.1, -0.05) is 11.8 Å². The van der Waals surface area contributed by atoms with E-state index in [4.69, 9.17) is 5.84 Å². The second kappa shape index (κ2) is 7.66. The topological polar surface area (TPSA) is 98.7 Å². The molecule has 0 aliphatic heterocycles. The van der Waals surface area contributed by atoms with Crippen molar-refractivity contribution in [3.63, 3.8) is 0 Å². The molecule has 27 heavy (non-hydrogen) atoms. The molecule has 7 nitrogen and oxygen atoms in total. The van der Waals surface area contributed by atoms with Crippen LogP contribution in [0.25, 0.3) is 11.4 Å². The first-order valence-electron chi connectivity index (χ1n) is 7.55. The van der Waals surface area contributed by atoms with Crippen molar-refractivity contribution in [2.75, 3.05) is 16.9 Å². The van der Waals surface area contributed by atoms with Crippen LogP contribution >= 0.6 is 11.8 Å². The highest BCUT2D eigenvalue weighted by Crippen LogP contribution is 2.30. The van der Waals surface area contributed by atoms with E-state index in [2.05, 4.69) is 20.5 Å². The molecule has 11 heteroatoms. The van der Waals surface area contributed by atoms with Gasteiger partial charge in [0, 0.05) is 23.6 Å². The molecule has 3 aromatic rings. The highest BCUT2D eigenvalue weighted by molar-refractivity contribution is 7.99. The zero-order valence-electron chi connectivity index (χ0n) is 13.6. The maximum absolute atomic E-state index is 12.5. The van der Waals surface area contributed by atoms with E-state index in [-0.39, 0.29) is 11.4 Å². The average Bonchev–Trinajstić information content (AvgIpc) is 3.01. The fourth-order valence-electron chi connectivity index (χ4n) is 2.14. The number of anilines is 1. The van der Waals surface area contributed by atoms with Gasteiger partial charge in [-0.15, -0.1) is 10.2 Å². The summed E-state index contributed by atoms with van der Waals surface area (Å²) in [5, 5.41) is 10.7. The Morgan fingerprint density at radius 2 is 1.93 bits per heavy atom. The largest absolute Gasteiger partial charge is 0.416 e. The zero-order valence-corrected chi connectivity index (χ0v) is 14.5. The summed E-state index contributed by atoms with van der Waals surface area (Å²) in [7, 11) is 0. The number of rotatable bonds is 5. The summed E-state index contributed by atoms with van der Waals surface area (Å²) in [6, 6.07) is 7.69. The van der Waals surface area contributed by atoms with Crippen LogP contribution < -0.4 is 11.2 Å². The van der Waals surface area contributed by atoms with Crippen LogP contribution in [0.4, 0.5) is 18.9 Å². The molecule has 0 radical (unpaired) electrons. The van der Waals surface area contributed by atoms with E-state index in [1.165, 1.54) is 16.8 Å². The van der Waals surface area contributed by atoms with E-state index in [1.807, 2.05) is 0 Å². The van der Waals surface area contributed by atoms with Crippen LogP contribution in [0.15, 0.2) is 53.9 Å². The Morgan fingerprint density at radius 1 is 1.19 bits per heavy atom. The van der Waals surface area contributed by atoms with E-state index >= 15 is 0 Å². The lowest BCUT2D eigenvalue weighted by molar-refractivity contribution is -0.137. The van der Waals surface area contributed by atoms with Gasteiger partial charge in [0.1, 0.15) is 0 Å². The molecule has 0 bridgehead atoms. The third-order valence-corrected chi connectivity index (χ3v) is 4.36. The van der Waals surface area contributed by atoms with Crippen molar-refractivity contribution in [3.8, 4) is 11.4 Å². The van der Waals surface area contributed by atoms with Gasteiger partial charge in [-0.2, -0.15) is 13.2 Å². The number of hydrogen-bond donors (Lipinski definition) is 2. The molecule has 0 spiro atoms. The zero-order chi connectivity index (χ0) is 19.4. The van der Waals surface area contributed by atoms with Crippen molar-refractivity contribution in [1.29, 1.82) is 0 Å². The first-order chi connectivity index (χ1) is 12.8. The number of carbonyl (C=O) groups excluding carboxylic acids is 1. The number of aromatic nitrogens is 4. The van der Waals surface area contributed by atoms with Crippen molar-refractivity contribution in [1.82, 2.24) is 19.9 Å². The second-order valence-corrected chi connectivity index (χ2v) is 6.27. The van der Waals surface area contributed by atoms with Gasteiger partial charge in [0.15, 0.2) is 5.82 Å². The molecule has 1 amide bonds. The number of benzene rings is 1. The number of hydrogen-bond acceptors (Lipinski definition) is 6. The number of carbonyl (C=O) groups is 1. The SMILES string of the molecule is Nn1c(SCC(=O)Nc2ccc(C(F)(F)F)cc2)nnc1-c1cccnc1. The van der Waals surface area contributed by atoms with Gasteiger partial charge < -0.3 is 11.2 Å². The number of thioether (sulfide) groups is 1. The maximum Gasteiger partial charge on any atom is 0.416 e. The number of nitrogens with zero attached hydrogens (tertiary/aromatic N) is 4. The number of amides is 1. The molecule has 140 valence electrons. The fraction of sp³-hybridized carbons (Fsp3) is 0.125. The Labute approximate surface area is 155 Å². The van der Waals surface area contributed by atoms with Crippen LogP contribution in [0.2, 0.25) is 0 Å². The Hall–Kier alpha value is -3.08. The summed E-state index contributed by atoms with van der Waals surface area (Å²) in [5.74, 6) is 5.88. The van der Waals surface area contributed by atoms with Gasteiger partial charge >= 0.3 is 6.18 Å². The quantitative estimate of drug-likeness (QED) is 0.510. The minimum atomic E-state index is -4.42. The predicted molar refractivity (Wildman–Crippen MR) is 94.2 cm³/mol. The molecule has 0 fully saturated rings. The van der Waals surface area contributed by atoms with Crippen molar-refractivity contribution in [2.24, 2.45) is 0 Å². The first-order valence-corrected chi connectivity index (χ1v) is 8.54. The number of nitrogens with two attached hydrogens (primary N) is 1. The number of alkyl halides is 3. The van der Waals surface area contributed by atoms with E-state index in [0.29, 0.717) is 16.5 Å². The maximum atomic E-state index is 12.5. The summed E-state index contributed by atoms with van der Waals surface area (Å²) < 4.78 is 38.8. The highest BCUT2D eigenvalue weighted by Gasteiger charge is 2.30. The number of nitrogens with one attached hydrogen (secondary N) is 1. The Balaban J connectivity index is 1.59. The average molecular weight is 394 g/mol. The fourth-order valence-corrected chi connectivity index (χ4v) is 2.79. The number of halogens is 3. The van der Waals surface area contributed by atoms with Gasteiger partial charge in [0.25, 0.3) is 0 Å². The van der Waals surface area contributed by atoms with E-state index in [1.54, 1.807) is 24.5 Å². The molecule has 0 atom stereocenters. The molecular formula is C16H13F3N6OS. The normalized spacial score (nSPS) is 11.4. The van der Waals surface area contributed by atoms with Crippen molar-refractivity contribution in [2.45, 2.75) is 11.3 Å². The van der Waals surface area contributed by atoms with Crippen LogP contribution in [0.5, 0.6) is 0 Å². The van der Waals surface area contributed by atoms with Crippen LogP contribution in [-0.4, -0.2) is 31.5 Å². The van der Waals surface area contributed by atoms with Gasteiger partial charge in [-0.25, -0.2) is 4.68 Å². The lowest BCUT2D eigenvalue weighted by atomic mass is 10.2. The Kier molecular flexibility index (Phi) is 5.31. The monoisotopic (exact) mass is 394 g/mol. The summed E-state index contributed by atoms with van der Waals surface area (Å²) in [6.45, 7) is 0. The van der Waals surface area contributed by atoms with E-state index in [0.717, 1.165) is 23.9 Å². The molecular weight excluding hydrogens is 381 g/mol. The summed E-state index contributed by atoms with van der Waals surface area (Å²) >= 11 is 1.05. The molecule has 3 N–H and O–H groups in total. The Morgan fingerprint density at radius 3 is 2.56 bits per heavy atom. The van der Waals surface area contributed by atoms with Crippen LogP contribution in [0.1, 0.15) is 5.56 Å². The van der Waals surface area contributed by atoms with Crippen molar-refractivity contribution < 1.29 is 18.0 Å². The molecule has 3 rings (SSSR count). The highest BCUT2D eigenvalue weighted by atomic mass is 32.2. The minimum Gasteiger partial charge on any atom is -0.335 e. The van der Waals surface area contributed by atoms with E-state index in [9.17, 15) is 18.0 Å². The lowest BCUT2D eigenvalue weighted by Crippen LogP contribution is -2.16. The molecule has 0 saturated carbocycles. The Bertz CT molecular complexity index is 928. The number of pyridine rings is 1. The number of nitrogen functional groups attached to an aromatic ring is 1. The lowest BCUT2D eigenvalue weighted by Gasteiger charge is -2.08. The predicted octanol–water partition coefficient (Wildman–Crippen LogP) is 2.80. The van der Waals surface area contributed by atoms with Gasteiger partial charge in [0.2, 0.25) is 11.1 Å². The van der Waals surface area contributed by atoms with Crippen LogP contribution in [0.3, 0.4) is 0 Å². The van der Waals surface area contributed by atoms with E-state index < -0.39 is 17.6 Å². The van der Waals surface area contributed by atoms with Crippen LogP contribution in [0, 0.1) is 0 Å². The molecule has 0 saturated heterocycles. The summed E-state index contributed by atoms with van der Waals surface area (Å²) in [4.78, 5) is 16.0. The smallest absolute Gasteiger partial charge is 0.335 e. The van der Waals surface area contributed by atoms with Crippen LogP contribution in [-0.2, 0) is 11.0 Å². The van der Waals surface area contributed by atoms with Gasteiger partial charge in [-0.3, -0.25) is 9.78 Å². The third kappa shape index (κ3) is 4.56. The van der Waals surface area contributed by atoms with Gasteiger partial charge in [-0.05, 0) is 36.4 Å². The molecule has 2 aromatic heterocycles. The molecule has 0 unspecified atom stereocenters.